The molecule has 2 amide bonds. The number of hydrogen-bond acceptors (Lipinski definition) is 5. The standard InChI is InChI=1S/C29H19NO5/c1-29(2,3)12-30-25(31)17-8-4-13-15-6-10-19-24-20(28(34)35-27(19)33)11-7-16(22(15)24)14-5-9-18(26(30)32)23(17)21(13)14/h4-11H,12H2,1-3H3. The zero-order valence-electron chi connectivity index (χ0n) is 19.3. The van der Waals surface area contributed by atoms with Gasteiger partial charge in [0.05, 0.1) is 11.1 Å². The van der Waals surface area contributed by atoms with E-state index in [1.807, 2.05) is 45.0 Å². The van der Waals surface area contributed by atoms with E-state index in [4.69, 9.17) is 4.74 Å². The zero-order chi connectivity index (χ0) is 24.4. The number of imide groups is 1. The van der Waals surface area contributed by atoms with E-state index in [1.54, 1.807) is 24.3 Å². The number of fused-ring (bicyclic) bond motifs is 2. The zero-order valence-corrected chi connectivity index (χ0v) is 19.3. The molecule has 0 fully saturated rings. The molecule has 2 aliphatic heterocycles. The summed E-state index contributed by atoms with van der Waals surface area (Å²) in [5, 5.41) is 6.35. The molecule has 2 heterocycles. The summed E-state index contributed by atoms with van der Waals surface area (Å²) in [7, 11) is 0. The molecule has 0 bridgehead atoms. The van der Waals surface area contributed by atoms with Crippen LogP contribution in [0.4, 0.5) is 0 Å². The molecule has 0 unspecified atom stereocenters. The van der Waals surface area contributed by atoms with Gasteiger partial charge in [0, 0.05) is 28.4 Å². The Bertz CT molecular complexity index is 1740. The average molecular weight is 461 g/mol. The van der Waals surface area contributed by atoms with Crippen molar-refractivity contribution in [2.75, 3.05) is 6.54 Å². The van der Waals surface area contributed by atoms with E-state index in [2.05, 4.69) is 0 Å². The Labute approximate surface area is 199 Å². The number of carbonyl (C=O) groups is 4. The van der Waals surface area contributed by atoms with Crippen molar-refractivity contribution in [3.05, 3.63) is 70.8 Å². The summed E-state index contributed by atoms with van der Waals surface area (Å²) in [6, 6.07) is 14.5. The normalized spacial score (nSPS) is 15.8. The Hall–Kier alpha value is -4.32. The molecule has 0 aliphatic carbocycles. The topological polar surface area (TPSA) is 80.8 Å². The number of esters is 2. The molecule has 7 rings (SSSR count). The maximum absolute atomic E-state index is 13.5. The highest BCUT2D eigenvalue weighted by atomic mass is 16.6. The van der Waals surface area contributed by atoms with Crippen molar-refractivity contribution in [3.63, 3.8) is 0 Å². The van der Waals surface area contributed by atoms with Crippen LogP contribution in [-0.4, -0.2) is 35.2 Å². The predicted molar refractivity (Wildman–Crippen MR) is 132 cm³/mol. The lowest BCUT2D eigenvalue weighted by Gasteiger charge is -2.32. The van der Waals surface area contributed by atoms with Crippen molar-refractivity contribution in [1.29, 1.82) is 0 Å². The third-order valence-electron chi connectivity index (χ3n) is 7.11. The van der Waals surface area contributed by atoms with Gasteiger partial charge in [-0.15, -0.1) is 0 Å². The Balaban J connectivity index is 1.64. The molecule has 6 heteroatoms. The van der Waals surface area contributed by atoms with Crippen molar-refractivity contribution in [2.45, 2.75) is 20.8 Å². The van der Waals surface area contributed by atoms with Gasteiger partial charge < -0.3 is 4.74 Å². The van der Waals surface area contributed by atoms with Gasteiger partial charge in [0.2, 0.25) is 0 Å². The number of benzene rings is 5. The highest BCUT2D eigenvalue weighted by molar-refractivity contribution is 6.40. The first kappa shape index (κ1) is 20.1. The first-order chi connectivity index (χ1) is 16.7. The highest BCUT2D eigenvalue weighted by Crippen LogP contribution is 2.46. The third-order valence-corrected chi connectivity index (χ3v) is 7.11. The summed E-state index contributed by atoms with van der Waals surface area (Å²) < 4.78 is 4.93. The van der Waals surface area contributed by atoms with Crippen LogP contribution in [0.25, 0.3) is 43.1 Å². The van der Waals surface area contributed by atoms with E-state index < -0.39 is 11.9 Å². The maximum atomic E-state index is 13.5. The van der Waals surface area contributed by atoms with Crippen LogP contribution >= 0.6 is 0 Å². The van der Waals surface area contributed by atoms with Crippen LogP contribution in [0.2, 0.25) is 0 Å². The minimum Gasteiger partial charge on any atom is -0.386 e. The van der Waals surface area contributed by atoms with E-state index >= 15 is 0 Å². The fourth-order valence-corrected chi connectivity index (χ4v) is 5.78. The summed E-state index contributed by atoms with van der Waals surface area (Å²) in [6.07, 6.45) is 0. The Morgan fingerprint density at radius 2 is 0.943 bits per heavy atom. The molecule has 6 nitrogen and oxygen atoms in total. The summed E-state index contributed by atoms with van der Waals surface area (Å²) in [4.78, 5) is 53.2. The number of hydrogen-bond donors (Lipinski definition) is 0. The molecular formula is C29H19NO5. The van der Waals surface area contributed by atoms with Gasteiger partial charge >= 0.3 is 11.9 Å². The lowest BCUT2D eigenvalue weighted by molar-refractivity contribution is 0.0390. The van der Waals surface area contributed by atoms with Gasteiger partial charge in [-0.05, 0) is 62.0 Å². The van der Waals surface area contributed by atoms with Crippen LogP contribution < -0.4 is 0 Å². The molecular weight excluding hydrogens is 442 g/mol. The van der Waals surface area contributed by atoms with Gasteiger partial charge in [0.1, 0.15) is 0 Å². The van der Waals surface area contributed by atoms with Crippen LogP contribution in [0.5, 0.6) is 0 Å². The predicted octanol–water partition coefficient (Wildman–Crippen LogP) is 5.69. The van der Waals surface area contributed by atoms with Gasteiger partial charge in [-0.1, -0.05) is 45.0 Å². The van der Waals surface area contributed by atoms with Gasteiger partial charge in [-0.2, -0.15) is 0 Å². The third kappa shape index (κ3) is 2.43. The van der Waals surface area contributed by atoms with E-state index in [0.29, 0.717) is 39.6 Å². The quantitative estimate of drug-likeness (QED) is 0.105. The van der Waals surface area contributed by atoms with Crippen molar-refractivity contribution in [3.8, 4) is 0 Å². The largest absolute Gasteiger partial charge is 0.386 e. The number of cyclic esters (lactones) is 2. The van der Waals surface area contributed by atoms with E-state index in [0.717, 1.165) is 32.3 Å². The first-order valence-electron chi connectivity index (χ1n) is 11.5. The van der Waals surface area contributed by atoms with Gasteiger partial charge in [-0.3, -0.25) is 14.5 Å². The molecule has 2 aliphatic rings. The Morgan fingerprint density at radius 3 is 1.34 bits per heavy atom. The van der Waals surface area contributed by atoms with Gasteiger partial charge in [-0.25, -0.2) is 9.59 Å². The molecule has 0 atom stereocenters. The van der Waals surface area contributed by atoms with Crippen LogP contribution in [-0.2, 0) is 4.74 Å². The molecule has 35 heavy (non-hydrogen) atoms. The molecule has 5 aromatic carbocycles. The first-order valence-corrected chi connectivity index (χ1v) is 11.5. The molecule has 0 saturated carbocycles. The fraction of sp³-hybridized carbons (Fsp3) is 0.172. The molecule has 0 spiro atoms. The second-order valence-electron chi connectivity index (χ2n) is 10.6. The summed E-state index contributed by atoms with van der Waals surface area (Å²) in [5.41, 5.74) is 1.50. The van der Waals surface area contributed by atoms with Gasteiger partial charge in [0.25, 0.3) is 11.8 Å². The van der Waals surface area contributed by atoms with E-state index in [1.165, 1.54) is 4.90 Å². The van der Waals surface area contributed by atoms with Crippen LogP contribution in [0.15, 0.2) is 48.5 Å². The van der Waals surface area contributed by atoms with Crippen LogP contribution in [0, 0.1) is 5.41 Å². The lowest BCUT2D eigenvalue weighted by Crippen LogP contribution is -2.44. The monoisotopic (exact) mass is 461 g/mol. The number of ether oxygens (including phenoxy) is 1. The number of nitrogens with zero attached hydrogens (tertiary/aromatic N) is 1. The Kier molecular flexibility index (Phi) is 3.57. The van der Waals surface area contributed by atoms with Crippen LogP contribution in [0.3, 0.4) is 0 Å². The summed E-state index contributed by atoms with van der Waals surface area (Å²) in [5.74, 6) is -1.88. The molecule has 0 radical (unpaired) electrons. The van der Waals surface area contributed by atoms with Gasteiger partial charge in [0.15, 0.2) is 0 Å². The summed E-state index contributed by atoms with van der Waals surface area (Å²) >= 11 is 0. The highest BCUT2D eigenvalue weighted by Gasteiger charge is 2.36. The smallest absolute Gasteiger partial charge is 0.346 e. The second kappa shape index (κ2) is 6.21. The summed E-state index contributed by atoms with van der Waals surface area (Å²) in [6.45, 7) is 6.32. The number of amides is 2. The molecule has 0 saturated heterocycles. The van der Waals surface area contributed by atoms with Crippen molar-refractivity contribution < 1.29 is 23.9 Å². The van der Waals surface area contributed by atoms with E-state index in [9.17, 15) is 19.2 Å². The SMILES string of the molecule is CC(C)(C)CN1C(=O)c2ccc3c4ccc5c6c(ccc(c7ccc(c2c37)C1=O)c64)C(=O)OC5=O. The molecule has 0 N–H and O–H groups in total. The minimum atomic E-state index is -0.655. The van der Waals surface area contributed by atoms with Crippen molar-refractivity contribution in [2.24, 2.45) is 5.41 Å². The van der Waals surface area contributed by atoms with Crippen LogP contribution in [0.1, 0.15) is 62.2 Å². The van der Waals surface area contributed by atoms with E-state index in [-0.39, 0.29) is 17.2 Å². The number of carbonyl (C=O) groups excluding carboxylic acids is 4. The second-order valence-corrected chi connectivity index (χ2v) is 10.6. The maximum Gasteiger partial charge on any atom is 0.346 e. The minimum absolute atomic E-state index is 0.235. The fourth-order valence-electron chi connectivity index (χ4n) is 5.78. The van der Waals surface area contributed by atoms with Crippen molar-refractivity contribution in [1.82, 2.24) is 4.90 Å². The Morgan fingerprint density at radius 1 is 0.571 bits per heavy atom. The lowest BCUT2D eigenvalue weighted by atomic mass is 9.82. The average Bonchev–Trinajstić information content (AvgIpc) is 2.82. The number of rotatable bonds is 1. The molecule has 170 valence electrons. The van der Waals surface area contributed by atoms with Crippen molar-refractivity contribution >= 4 is 66.8 Å². The molecule has 0 aromatic heterocycles. The molecule has 5 aromatic rings.